The largest absolute Gasteiger partial charge is 0.379 e. The van der Waals surface area contributed by atoms with E-state index < -0.39 is 0 Å². The highest BCUT2D eigenvalue weighted by Crippen LogP contribution is 2.25. The van der Waals surface area contributed by atoms with E-state index in [4.69, 9.17) is 28.0 Å². The van der Waals surface area contributed by atoms with Crippen LogP contribution in [0, 0.1) is 0 Å². The summed E-state index contributed by atoms with van der Waals surface area (Å²) in [6.45, 7) is 1.34. The van der Waals surface area contributed by atoms with Crippen molar-refractivity contribution in [1.82, 2.24) is 5.48 Å². The van der Waals surface area contributed by atoms with E-state index >= 15 is 0 Å². The van der Waals surface area contributed by atoms with E-state index in [1.165, 1.54) is 13.0 Å². The third-order valence-corrected chi connectivity index (χ3v) is 1.94. The van der Waals surface area contributed by atoms with Gasteiger partial charge in [-0.15, -0.1) is 0 Å². The standard InChI is InChI=1S/C8H7Cl2NO2/c1-5(12)11-13-6-2-3-7(9)8(10)4-6/h2-4H,1H3,(H,11,12). The first-order valence-corrected chi connectivity index (χ1v) is 4.23. The number of carbonyl (C=O) groups is 1. The first kappa shape index (κ1) is 10.2. The average Bonchev–Trinajstić information content (AvgIpc) is 2.07. The van der Waals surface area contributed by atoms with Crippen molar-refractivity contribution < 1.29 is 9.63 Å². The lowest BCUT2D eigenvalue weighted by Crippen LogP contribution is -2.23. The van der Waals surface area contributed by atoms with E-state index in [9.17, 15) is 4.79 Å². The minimum Gasteiger partial charge on any atom is -0.379 e. The number of halogens is 2. The van der Waals surface area contributed by atoms with Gasteiger partial charge in [0.2, 0.25) is 5.91 Å². The van der Waals surface area contributed by atoms with Gasteiger partial charge in [0.1, 0.15) is 0 Å². The molecule has 70 valence electrons. The zero-order valence-corrected chi connectivity index (χ0v) is 8.32. The Hall–Kier alpha value is -0.930. The molecule has 1 amide bonds. The van der Waals surface area contributed by atoms with Crippen molar-refractivity contribution in [3.63, 3.8) is 0 Å². The molecule has 0 atom stereocenters. The van der Waals surface area contributed by atoms with Gasteiger partial charge in [0.15, 0.2) is 5.75 Å². The molecule has 0 radical (unpaired) electrons. The molecule has 0 aliphatic carbocycles. The SMILES string of the molecule is CC(=O)NOc1ccc(Cl)c(Cl)c1. The fraction of sp³-hybridized carbons (Fsp3) is 0.125. The van der Waals surface area contributed by atoms with Crippen molar-refractivity contribution in [2.75, 3.05) is 0 Å². The van der Waals surface area contributed by atoms with Crippen molar-refractivity contribution >= 4 is 29.1 Å². The zero-order chi connectivity index (χ0) is 9.84. The number of carbonyl (C=O) groups excluding carboxylic acids is 1. The molecule has 13 heavy (non-hydrogen) atoms. The Morgan fingerprint density at radius 2 is 2.08 bits per heavy atom. The predicted molar refractivity (Wildman–Crippen MR) is 50.9 cm³/mol. The molecular weight excluding hydrogens is 213 g/mol. The molecule has 0 aliphatic rings. The number of hydrogen-bond acceptors (Lipinski definition) is 2. The monoisotopic (exact) mass is 219 g/mol. The highest BCUT2D eigenvalue weighted by Gasteiger charge is 2.00. The molecule has 0 fully saturated rings. The summed E-state index contributed by atoms with van der Waals surface area (Å²) in [5.41, 5.74) is 2.17. The Morgan fingerprint density at radius 1 is 1.38 bits per heavy atom. The van der Waals surface area contributed by atoms with E-state index in [0.29, 0.717) is 15.8 Å². The fourth-order valence-corrected chi connectivity index (χ4v) is 0.959. The quantitative estimate of drug-likeness (QED) is 0.777. The number of hydroxylamine groups is 1. The molecule has 0 saturated carbocycles. The van der Waals surface area contributed by atoms with Crippen LogP contribution >= 0.6 is 23.2 Å². The van der Waals surface area contributed by atoms with Gasteiger partial charge >= 0.3 is 0 Å². The minimum absolute atomic E-state index is 0.286. The lowest BCUT2D eigenvalue weighted by Gasteiger charge is -2.04. The zero-order valence-electron chi connectivity index (χ0n) is 6.80. The highest BCUT2D eigenvalue weighted by atomic mass is 35.5. The normalized spacial score (nSPS) is 9.46. The first-order chi connectivity index (χ1) is 6.09. The Bertz CT molecular complexity index is 328. The summed E-state index contributed by atoms with van der Waals surface area (Å²) >= 11 is 11.4. The van der Waals surface area contributed by atoms with Crippen LogP contribution in [-0.2, 0) is 4.79 Å². The van der Waals surface area contributed by atoms with Crippen LogP contribution < -0.4 is 10.3 Å². The van der Waals surface area contributed by atoms with Crippen LogP contribution in [0.2, 0.25) is 10.0 Å². The van der Waals surface area contributed by atoms with Gasteiger partial charge in [0.25, 0.3) is 0 Å². The van der Waals surface area contributed by atoms with Gasteiger partial charge < -0.3 is 4.84 Å². The summed E-state index contributed by atoms with van der Waals surface area (Å²) < 4.78 is 0. The van der Waals surface area contributed by atoms with Gasteiger partial charge in [-0.2, -0.15) is 5.48 Å². The summed E-state index contributed by atoms with van der Waals surface area (Å²) in [7, 11) is 0. The van der Waals surface area contributed by atoms with Gasteiger partial charge in [0, 0.05) is 13.0 Å². The number of benzene rings is 1. The number of rotatable bonds is 2. The van der Waals surface area contributed by atoms with Crippen LogP contribution in [0.1, 0.15) is 6.92 Å². The Kier molecular flexibility index (Phi) is 3.39. The number of hydrogen-bond donors (Lipinski definition) is 1. The van der Waals surface area contributed by atoms with E-state index in [1.807, 2.05) is 0 Å². The van der Waals surface area contributed by atoms with Gasteiger partial charge in [0.05, 0.1) is 10.0 Å². The predicted octanol–water partition coefficient (Wildman–Crippen LogP) is 2.42. The molecule has 1 N–H and O–H groups in total. The smallest absolute Gasteiger partial charge is 0.249 e. The van der Waals surface area contributed by atoms with E-state index in [2.05, 4.69) is 5.48 Å². The summed E-state index contributed by atoms with van der Waals surface area (Å²) in [5, 5.41) is 0.821. The van der Waals surface area contributed by atoms with Gasteiger partial charge in [-0.25, -0.2) is 0 Å². The second-order valence-electron chi connectivity index (χ2n) is 2.34. The molecule has 0 spiro atoms. The fourth-order valence-electron chi connectivity index (χ4n) is 0.671. The Labute approximate surface area is 85.5 Å². The molecule has 0 bridgehead atoms. The highest BCUT2D eigenvalue weighted by molar-refractivity contribution is 6.42. The second kappa shape index (κ2) is 4.35. The summed E-state index contributed by atoms with van der Waals surface area (Å²) in [4.78, 5) is 15.3. The molecule has 3 nitrogen and oxygen atoms in total. The molecule has 1 aromatic carbocycles. The maximum atomic E-state index is 10.5. The van der Waals surface area contributed by atoms with Crippen LogP contribution in [0.25, 0.3) is 0 Å². The minimum atomic E-state index is -0.286. The molecule has 1 rings (SSSR count). The van der Waals surface area contributed by atoms with Crippen LogP contribution in [0.3, 0.4) is 0 Å². The summed E-state index contributed by atoms with van der Waals surface area (Å²) in [6, 6.07) is 4.70. The molecule has 0 heterocycles. The third kappa shape index (κ3) is 3.13. The van der Waals surface area contributed by atoms with Crippen LogP contribution in [-0.4, -0.2) is 5.91 Å². The maximum absolute atomic E-state index is 10.5. The lowest BCUT2D eigenvalue weighted by molar-refractivity contribution is -0.125. The van der Waals surface area contributed by atoms with Crippen LogP contribution in [0.4, 0.5) is 0 Å². The molecule has 0 unspecified atom stereocenters. The van der Waals surface area contributed by atoms with Gasteiger partial charge in [-0.1, -0.05) is 23.2 Å². The molecule has 0 saturated heterocycles. The molecule has 5 heteroatoms. The second-order valence-corrected chi connectivity index (χ2v) is 3.15. The summed E-state index contributed by atoms with van der Waals surface area (Å²) in [6.07, 6.45) is 0. The average molecular weight is 220 g/mol. The van der Waals surface area contributed by atoms with Gasteiger partial charge in [-0.3, -0.25) is 4.79 Å². The number of nitrogens with one attached hydrogen (secondary N) is 1. The van der Waals surface area contributed by atoms with Crippen LogP contribution in [0.5, 0.6) is 5.75 Å². The summed E-state index contributed by atoms with van der Waals surface area (Å²) in [5.74, 6) is 0.149. The Balaban J connectivity index is 2.68. The van der Waals surface area contributed by atoms with E-state index in [1.54, 1.807) is 12.1 Å². The van der Waals surface area contributed by atoms with E-state index in [-0.39, 0.29) is 5.91 Å². The number of amides is 1. The maximum Gasteiger partial charge on any atom is 0.249 e. The lowest BCUT2D eigenvalue weighted by atomic mass is 10.3. The molecule has 1 aromatic rings. The molecule has 0 aromatic heterocycles. The van der Waals surface area contributed by atoms with Crippen molar-refractivity contribution in [3.05, 3.63) is 28.2 Å². The van der Waals surface area contributed by atoms with Crippen molar-refractivity contribution in [2.45, 2.75) is 6.92 Å². The van der Waals surface area contributed by atoms with Crippen molar-refractivity contribution in [3.8, 4) is 5.75 Å². The van der Waals surface area contributed by atoms with Crippen molar-refractivity contribution in [1.29, 1.82) is 0 Å². The molecule has 0 aliphatic heterocycles. The Morgan fingerprint density at radius 3 is 2.62 bits per heavy atom. The van der Waals surface area contributed by atoms with E-state index in [0.717, 1.165) is 0 Å². The molecular formula is C8H7Cl2NO2. The van der Waals surface area contributed by atoms with Gasteiger partial charge in [-0.05, 0) is 12.1 Å². The van der Waals surface area contributed by atoms with Crippen molar-refractivity contribution in [2.24, 2.45) is 0 Å². The van der Waals surface area contributed by atoms with Crippen LogP contribution in [0.15, 0.2) is 18.2 Å². The third-order valence-electron chi connectivity index (χ3n) is 1.20. The first-order valence-electron chi connectivity index (χ1n) is 3.48. The topological polar surface area (TPSA) is 38.3 Å².